The molecule has 1 fully saturated rings. The molecule has 9 heteroatoms. The van der Waals surface area contributed by atoms with Crippen molar-refractivity contribution >= 4 is 34.9 Å². The zero-order valence-electron chi connectivity index (χ0n) is 21.3. The summed E-state index contributed by atoms with van der Waals surface area (Å²) in [7, 11) is 4.89. The van der Waals surface area contributed by atoms with E-state index in [0.717, 1.165) is 22.2 Å². The van der Waals surface area contributed by atoms with Crippen LogP contribution in [0.4, 0.5) is 9.18 Å². The second-order valence-corrected chi connectivity index (χ2v) is 9.68. The number of likely N-dealkylation sites (N-methyl/N-ethyl adjacent to an activating group) is 1. The van der Waals surface area contributed by atoms with Gasteiger partial charge in [-0.05, 0) is 77.3 Å². The van der Waals surface area contributed by atoms with Crippen LogP contribution in [0.25, 0.3) is 6.08 Å². The average molecular weight is 535 g/mol. The normalized spacial score (nSPS) is 14.2. The Bertz CT molecular complexity index is 1410. The van der Waals surface area contributed by atoms with Crippen LogP contribution in [0, 0.1) is 5.82 Å². The standard InChI is InChI=1S/C29H27FN2O5S/c1-31(13-12-19-10-11-24(36-2)25(16-19)37-3)27(33)22-8-4-6-20(14-22)17-26-28(34)32(29(35)38-26)18-21-7-5-9-23(30)15-21/h4-11,14-17H,12-13,18H2,1-3H3/b26-17-. The molecule has 0 atom stereocenters. The molecule has 3 amide bonds. The maximum absolute atomic E-state index is 13.5. The van der Waals surface area contributed by atoms with E-state index in [4.69, 9.17) is 9.47 Å². The van der Waals surface area contributed by atoms with Gasteiger partial charge in [0.05, 0.1) is 25.7 Å². The molecular formula is C29H27FN2O5S. The van der Waals surface area contributed by atoms with Gasteiger partial charge >= 0.3 is 0 Å². The Kier molecular flexibility index (Phi) is 8.48. The van der Waals surface area contributed by atoms with Crippen LogP contribution >= 0.6 is 11.8 Å². The number of nitrogens with zero attached hydrogens (tertiary/aromatic N) is 2. The quantitative estimate of drug-likeness (QED) is 0.343. The van der Waals surface area contributed by atoms with Crippen molar-refractivity contribution < 1.29 is 28.2 Å². The summed E-state index contributed by atoms with van der Waals surface area (Å²) in [6.45, 7) is 0.473. The van der Waals surface area contributed by atoms with Crippen LogP contribution in [0.15, 0.2) is 71.6 Å². The molecule has 0 spiro atoms. The van der Waals surface area contributed by atoms with Gasteiger partial charge in [0.15, 0.2) is 11.5 Å². The lowest BCUT2D eigenvalue weighted by Crippen LogP contribution is -2.28. The van der Waals surface area contributed by atoms with Crippen LogP contribution in [-0.4, -0.2) is 54.7 Å². The highest BCUT2D eigenvalue weighted by atomic mass is 32.2. The number of ether oxygens (including phenoxy) is 2. The lowest BCUT2D eigenvalue weighted by molar-refractivity contribution is -0.123. The number of carbonyl (C=O) groups excluding carboxylic acids is 3. The summed E-state index contributed by atoms with van der Waals surface area (Å²) in [6, 6.07) is 18.3. The largest absolute Gasteiger partial charge is 0.493 e. The maximum atomic E-state index is 13.5. The number of amides is 3. The van der Waals surface area contributed by atoms with E-state index in [1.807, 2.05) is 18.2 Å². The highest BCUT2D eigenvalue weighted by Crippen LogP contribution is 2.33. The predicted molar refractivity (Wildman–Crippen MR) is 145 cm³/mol. The summed E-state index contributed by atoms with van der Waals surface area (Å²) >= 11 is 0.822. The third-order valence-electron chi connectivity index (χ3n) is 6.07. The van der Waals surface area contributed by atoms with Crippen molar-refractivity contribution in [2.24, 2.45) is 0 Å². The average Bonchev–Trinajstić information content (AvgIpc) is 3.18. The Morgan fingerprint density at radius 3 is 2.47 bits per heavy atom. The van der Waals surface area contributed by atoms with E-state index in [0.29, 0.717) is 41.2 Å². The summed E-state index contributed by atoms with van der Waals surface area (Å²) < 4.78 is 24.1. The number of carbonyl (C=O) groups is 3. The Labute approximate surface area is 224 Å². The third kappa shape index (κ3) is 6.23. The summed E-state index contributed by atoms with van der Waals surface area (Å²) in [6.07, 6.45) is 2.22. The van der Waals surface area contributed by atoms with E-state index in [9.17, 15) is 18.8 Å². The monoisotopic (exact) mass is 534 g/mol. The molecule has 0 N–H and O–H groups in total. The lowest BCUT2D eigenvalue weighted by atomic mass is 10.1. The van der Waals surface area contributed by atoms with E-state index in [1.165, 1.54) is 18.2 Å². The number of hydrogen-bond donors (Lipinski definition) is 0. The van der Waals surface area contributed by atoms with Crippen LogP contribution in [0.5, 0.6) is 11.5 Å². The molecular weight excluding hydrogens is 507 g/mol. The van der Waals surface area contributed by atoms with E-state index in [1.54, 1.807) is 62.6 Å². The van der Waals surface area contributed by atoms with E-state index >= 15 is 0 Å². The van der Waals surface area contributed by atoms with Gasteiger partial charge < -0.3 is 14.4 Å². The van der Waals surface area contributed by atoms with E-state index in [-0.39, 0.29) is 17.4 Å². The van der Waals surface area contributed by atoms with Gasteiger partial charge in [0, 0.05) is 19.2 Å². The first kappa shape index (κ1) is 26.9. The molecule has 3 aromatic rings. The number of halogens is 1. The first-order valence-electron chi connectivity index (χ1n) is 11.9. The minimum Gasteiger partial charge on any atom is -0.493 e. The van der Waals surface area contributed by atoms with Crippen molar-refractivity contribution in [3.05, 3.63) is 99.7 Å². The fourth-order valence-corrected chi connectivity index (χ4v) is 4.86. The second kappa shape index (κ2) is 12.0. The van der Waals surface area contributed by atoms with Gasteiger partial charge in [0.1, 0.15) is 5.82 Å². The highest BCUT2D eigenvalue weighted by molar-refractivity contribution is 8.18. The molecule has 38 heavy (non-hydrogen) atoms. The molecule has 7 nitrogen and oxygen atoms in total. The van der Waals surface area contributed by atoms with Crippen LogP contribution in [0.1, 0.15) is 27.0 Å². The van der Waals surface area contributed by atoms with Crippen molar-refractivity contribution in [3.63, 3.8) is 0 Å². The smallest absolute Gasteiger partial charge is 0.293 e. The van der Waals surface area contributed by atoms with E-state index < -0.39 is 17.0 Å². The summed E-state index contributed by atoms with van der Waals surface area (Å²) in [4.78, 5) is 41.4. The number of benzene rings is 3. The van der Waals surface area contributed by atoms with Crippen LogP contribution in [0.3, 0.4) is 0 Å². The summed E-state index contributed by atoms with van der Waals surface area (Å²) in [5, 5.41) is -0.423. The number of rotatable bonds is 9. The molecule has 1 aliphatic rings. The topological polar surface area (TPSA) is 76.2 Å². The van der Waals surface area contributed by atoms with Gasteiger partial charge in [-0.3, -0.25) is 19.3 Å². The van der Waals surface area contributed by atoms with Gasteiger partial charge in [-0.2, -0.15) is 0 Å². The number of methoxy groups -OCH3 is 2. The zero-order valence-corrected chi connectivity index (χ0v) is 22.1. The van der Waals surface area contributed by atoms with Crippen molar-refractivity contribution in [1.82, 2.24) is 9.80 Å². The molecule has 0 unspecified atom stereocenters. The molecule has 0 bridgehead atoms. The minimum absolute atomic E-state index is 0.0108. The Morgan fingerprint density at radius 1 is 0.974 bits per heavy atom. The Hall–Kier alpha value is -4.11. The number of hydrogen-bond acceptors (Lipinski definition) is 6. The first-order valence-corrected chi connectivity index (χ1v) is 12.7. The van der Waals surface area contributed by atoms with Gasteiger partial charge in [-0.15, -0.1) is 0 Å². The minimum atomic E-state index is -0.451. The molecule has 0 aromatic heterocycles. The van der Waals surface area contributed by atoms with Gasteiger partial charge in [0.2, 0.25) is 0 Å². The van der Waals surface area contributed by atoms with Crippen LogP contribution < -0.4 is 9.47 Å². The summed E-state index contributed by atoms with van der Waals surface area (Å²) in [5.41, 5.74) is 2.62. The first-order chi connectivity index (χ1) is 18.3. The maximum Gasteiger partial charge on any atom is 0.293 e. The van der Waals surface area contributed by atoms with Crippen molar-refractivity contribution in [1.29, 1.82) is 0 Å². The Balaban J connectivity index is 1.42. The summed E-state index contributed by atoms with van der Waals surface area (Å²) in [5.74, 6) is 0.226. The molecule has 0 radical (unpaired) electrons. The molecule has 3 aromatic carbocycles. The second-order valence-electron chi connectivity index (χ2n) is 8.69. The SMILES string of the molecule is COc1ccc(CCN(C)C(=O)c2cccc(/C=C3\SC(=O)N(Cc4cccc(F)c4)C3=O)c2)cc1OC. The number of thioether (sulfide) groups is 1. The number of imide groups is 1. The van der Waals surface area contributed by atoms with Gasteiger partial charge in [-0.25, -0.2) is 4.39 Å². The van der Waals surface area contributed by atoms with Gasteiger partial charge in [0.25, 0.3) is 17.1 Å². The highest BCUT2D eigenvalue weighted by Gasteiger charge is 2.35. The van der Waals surface area contributed by atoms with Crippen molar-refractivity contribution in [3.8, 4) is 11.5 Å². The lowest BCUT2D eigenvalue weighted by Gasteiger charge is -2.18. The molecule has 1 aliphatic heterocycles. The Morgan fingerprint density at radius 2 is 1.74 bits per heavy atom. The third-order valence-corrected chi connectivity index (χ3v) is 6.97. The van der Waals surface area contributed by atoms with Crippen molar-refractivity contribution in [2.75, 3.05) is 27.8 Å². The van der Waals surface area contributed by atoms with Crippen LogP contribution in [-0.2, 0) is 17.8 Å². The molecule has 196 valence electrons. The van der Waals surface area contributed by atoms with Crippen LogP contribution in [0.2, 0.25) is 0 Å². The molecule has 1 heterocycles. The molecule has 0 saturated carbocycles. The van der Waals surface area contributed by atoms with Crippen molar-refractivity contribution in [2.45, 2.75) is 13.0 Å². The zero-order chi connectivity index (χ0) is 27.2. The predicted octanol–water partition coefficient (Wildman–Crippen LogP) is 5.39. The fraction of sp³-hybridized carbons (Fsp3) is 0.207. The molecule has 0 aliphatic carbocycles. The van der Waals surface area contributed by atoms with E-state index in [2.05, 4.69) is 0 Å². The fourth-order valence-electron chi connectivity index (χ4n) is 4.02. The molecule has 4 rings (SSSR count). The van der Waals surface area contributed by atoms with Gasteiger partial charge in [-0.1, -0.05) is 30.3 Å². The molecule has 1 saturated heterocycles.